The first kappa shape index (κ1) is 22.3. The highest BCUT2D eigenvalue weighted by molar-refractivity contribution is 5.38. The Morgan fingerprint density at radius 3 is 2.09 bits per heavy atom. The Morgan fingerprint density at radius 1 is 0.781 bits per heavy atom. The number of hydrogen-bond acceptors (Lipinski definition) is 5. The molecule has 32 heavy (non-hydrogen) atoms. The summed E-state index contributed by atoms with van der Waals surface area (Å²) in [6, 6.07) is 26.1. The van der Waals surface area contributed by atoms with Gasteiger partial charge in [-0.3, -0.25) is 9.80 Å². The second-order valence-electron chi connectivity index (χ2n) is 8.20. The predicted octanol–water partition coefficient (Wildman–Crippen LogP) is 4.30. The van der Waals surface area contributed by atoms with Crippen LogP contribution in [0.25, 0.3) is 0 Å². The molecule has 1 saturated heterocycles. The third-order valence-corrected chi connectivity index (χ3v) is 6.26. The molecule has 0 saturated carbocycles. The van der Waals surface area contributed by atoms with Crippen LogP contribution in [0.4, 0.5) is 0 Å². The molecule has 3 aromatic rings. The summed E-state index contributed by atoms with van der Waals surface area (Å²) >= 11 is 0. The minimum Gasteiger partial charge on any atom is -0.497 e. The molecule has 4 rings (SSSR count). The van der Waals surface area contributed by atoms with E-state index < -0.39 is 6.10 Å². The minimum absolute atomic E-state index is 0.170. The maximum absolute atomic E-state index is 11.4. The first-order chi connectivity index (χ1) is 15.7. The molecule has 0 aromatic heterocycles. The molecule has 0 amide bonds. The number of para-hydroxylation sites is 1. The van der Waals surface area contributed by atoms with Gasteiger partial charge in [0.1, 0.15) is 11.5 Å². The van der Waals surface area contributed by atoms with Crippen LogP contribution >= 0.6 is 0 Å². The van der Waals surface area contributed by atoms with Crippen LogP contribution in [0.2, 0.25) is 0 Å². The average Bonchev–Trinajstić information content (AvgIpc) is 2.86. The summed E-state index contributed by atoms with van der Waals surface area (Å²) in [4.78, 5) is 4.85. The van der Waals surface area contributed by atoms with E-state index in [1.165, 1.54) is 5.56 Å². The number of hydrogen-bond donors (Lipinski definition) is 1. The van der Waals surface area contributed by atoms with Crippen LogP contribution in [0, 0.1) is 0 Å². The normalized spacial score (nSPS) is 17.0. The van der Waals surface area contributed by atoms with Crippen LogP contribution in [-0.2, 0) is 6.54 Å². The first-order valence-electron chi connectivity index (χ1n) is 11.1. The van der Waals surface area contributed by atoms with Crippen molar-refractivity contribution in [1.29, 1.82) is 0 Å². The molecule has 0 bridgehead atoms. The van der Waals surface area contributed by atoms with Gasteiger partial charge in [-0.25, -0.2) is 0 Å². The Balaban J connectivity index is 1.51. The van der Waals surface area contributed by atoms with Crippen molar-refractivity contribution < 1.29 is 14.6 Å². The predicted molar refractivity (Wildman–Crippen MR) is 127 cm³/mol. The molecule has 1 fully saturated rings. The lowest BCUT2D eigenvalue weighted by molar-refractivity contribution is 0.0138. The van der Waals surface area contributed by atoms with Crippen molar-refractivity contribution in [3.63, 3.8) is 0 Å². The molecule has 1 heterocycles. The van der Waals surface area contributed by atoms with Crippen molar-refractivity contribution in [1.82, 2.24) is 9.80 Å². The van der Waals surface area contributed by atoms with E-state index in [0.717, 1.165) is 55.3 Å². The topological polar surface area (TPSA) is 45.2 Å². The van der Waals surface area contributed by atoms with Gasteiger partial charge >= 0.3 is 0 Å². The van der Waals surface area contributed by atoms with Crippen LogP contribution in [0.1, 0.15) is 28.8 Å². The van der Waals surface area contributed by atoms with E-state index in [0.29, 0.717) is 0 Å². The van der Waals surface area contributed by atoms with E-state index in [2.05, 4.69) is 28.0 Å². The number of methoxy groups -OCH3 is 2. The summed E-state index contributed by atoms with van der Waals surface area (Å²) in [5.74, 6) is 1.70. The second-order valence-corrected chi connectivity index (χ2v) is 8.20. The molecular formula is C27H32N2O3. The highest BCUT2D eigenvalue weighted by Gasteiger charge is 2.33. The van der Waals surface area contributed by atoms with E-state index in [1.54, 1.807) is 14.2 Å². The molecule has 168 valence electrons. The lowest BCUT2D eigenvalue weighted by Gasteiger charge is -2.41. The summed E-state index contributed by atoms with van der Waals surface area (Å²) < 4.78 is 10.9. The van der Waals surface area contributed by atoms with E-state index in [1.807, 2.05) is 60.7 Å². The van der Waals surface area contributed by atoms with Crippen LogP contribution < -0.4 is 9.47 Å². The van der Waals surface area contributed by atoms with E-state index in [4.69, 9.17) is 9.47 Å². The summed E-state index contributed by atoms with van der Waals surface area (Å²) in [6.07, 6.45) is -0.638. The maximum atomic E-state index is 11.4. The van der Waals surface area contributed by atoms with Crippen LogP contribution in [0.15, 0.2) is 78.9 Å². The van der Waals surface area contributed by atoms with E-state index in [-0.39, 0.29) is 6.04 Å². The van der Waals surface area contributed by atoms with Crippen molar-refractivity contribution in [2.45, 2.75) is 18.7 Å². The standard InChI is InChI=1S/C27H32N2O3/c1-31-23-14-12-21(13-15-23)20-28-16-18-29(19-17-28)26(24-10-6-7-11-25(24)32-2)27(30)22-8-4-3-5-9-22/h3-15,26-27,30H,16-20H2,1-2H3. The summed E-state index contributed by atoms with van der Waals surface area (Å²) in [5.41, 5.74) is 3.23. The zero-order chi connectivity index (χ0) is 22.3. The van der Waals surface area contributed by atoms with Gasteiger partial charge in [-0.2, -0.15) is 0 Å². The Hall–Kier alpha value is -2.86. The number of benzene rings is 3. The van der Waals surface area contributed by atoms with Crippen LogP contribution in [0.5, 0.6) is 11.5 Å². The summed E-state index contributed by atoms with van der Waals surface area (Å²) in [7, 11) is 3.38. The first-order valence-corrected chi connectivity index (χ1v) is 11.1. The van der Waals surface area contributed by atoms with Gasteiger partial charge in [0.05, 0.1) is 26.4 Å². The number of nitrogens with zero attached hydrogens (tertiary/aromatic N) is 2. The van der Waals surface area contributed by atoms with E-state index >= 15 is 0 Å². The third-order valence-electron chi connectivity index (χ3n) is 6.26. The Morgan fingerprint density at radius 2 is 1.44 bits per heavy atom. The zero-order valence-electron chi connectivity index (χ0n) is 18.9. The maximum Gasteiger partial charge on any atom is 0.123 e. The van der Waals surface area contributed by atoms with Crippen molar-refractivity contribution >= 4 is 0 Å². The van der Waals surface area contributed by atoms with Crippen molar-refractivity contribution in [3.8, 4) is 11.5 Å². The molecular weight excluding hydrogens is 400 g/mol. The lowest BCUT2D eigenvalue weighted by Crippen LogP contribution is -2.48. The van der Waals surface area contributed by atoms with Crippen molar-refractivity contribution in [2.75, 3.05) is 40.4 Å². The van der Waals surface area contributed by atoms with Crippen LogP contribution in [0.3, 0.4) is 0 Å². The number of aliphatic hydroxyl groups excluding tert-OH is 1. The van der Waals surface area contributed by atoms with Gasteiger partial charge in [0.15, 0.2) is 0 Å². The molecule has 0 aliphatic carbocycles. The smallest absolute Gasteiger partial charge is 0.123 e. The molecule has 0 spiro atoms. The monoisotopic (exact) mass is 432 g/mol. The molecule has 2 atom stereocenters. The molecule has 0 radical (unpaired) electrons. The van der Waals surface area contributed by atoms with Gasteiger partial charge in [-0.15, -0.1) is 0 Å². The second kappa shape index (κ2) is 10.6. The third kappa shape index (κ3) is 5.13. The van der Waals surface area contributed by atoms with Gasteiger partial charge in [0.25, 0.3) is 0 Å². The average molecular weight is 433 g/mol. The van der Waals surface area contributed by atoms with Crippen molar-refractivity contribution in [2.24, 2.45) is 0 Å². The SMILES string of the molecule is COc1ccc(CN2CCN(C(c3ccccc3OC)C(O)c3ccccc3)CC2)cc1. The van der Waals surface area contributed by atoms with Gasteiger partial charge in [0, 0.05) is 38.3 Å². The fourth-order valence-electron chi connectivity index (χ4n) is 4.50. The largest absolute Gasteiger partial charge is 0.497 e. The molecule has 5 nitrogen and oxygen atoms in total. The number of aliphatic hydroxyl groups is 1. The highest BCUT2D eigenvalue weighted by atomic mass is 16.5. The molecule has 1 aliphatic heterocycles. The quantitative estimate of drug-likeness (QED) is 0.575. The molecule has 5 heteroatoms. The van der Waals surface area contributed by atoms with Gasteiger partial charge < -0.3 is 14.6 Å². The highest BCUT2D eigenvalue weighted by Crippen LogP contribution is 2.39. The zero-order valence-corrected chi connectivity index (χ0v) is 18.9. The number of ether oxygens (including phenoxy) is 2. The molecule has 1 aliphatic rings. The number of piperazine rings is 1. The molecule has 2 unspecified atom stereocenters. The summed E-state index contributed by atoms with van der Waals surface area (Å²) in [6.45, 7) is 4.56. The Bertz CT molecular complexity index is 970. The summed E-state index contributed by atoms with van der Waals surface area (Å²) in [5, 5.41) is 11.4. The molecule has 1 N–H and O–H groups in total. The van der Waals surface area contributed by atoms with Gasteiger partial charge in [0.2, 0.25) is 0 Å². The lowest BCUT2D eigenvalue weighted by atomic mass is 9.93. The van der Waals surface area contributed by atoms with Crippen LogP contribution in [-0.4, -0.2) is 55.3 Å². The molecule has 3 aromatic carbocycles. The Kier molecular flexibility index (Phi) is 7.43. The number of rotatable bonds is 8. The Labute approximate surface area is 190 Å². The minimum atomic E-state index is -0.638. The van der Waals surface area contributed by atoms with Gasteiger partial charge in [-0.1, -0.05) is 60.7 Å². The van der Waals surface area contributed by atoms with E-state index in [9.17, 15) is 5.11 Å². The van der Waals surface area contributed by atoms with Gasteiger partial charge in [-0.05, 0) is 29.3 Å². The fourth-order valence-corrected chi connectivity index (χ4v) is 4.50. The van der Waals surface area contributed by atoms with Crippen molar-refractivity contribution in [3.05, 3.63) is 95.6 Å². The fraction of sp³-hybridized carbons (Fsp3) is 0.333.